The molecule has 1 atom stereocenters. The number of nitriles is 1. The van der Waals surface area contributed by atoms with Gasteiger partial charge in [-0.05, 0) is 37.1 Å². The molecule has 2 heterocycles. The first-order valence-electron chi connectivity index (χ1n) is 9.98. The number of nitrogens with zero attached hydrogens (tertiary/aromatic N) is 5. The van der Waals surface area contributed by atoms with E-state index >= 15 is 0 Å². The molecule has 1 unspecified atom stereocenters. The van der Waals surface area contributed by atoms with Gasteiger partial charge in [0.25, 0.3) is 0 Å². The van der Waals surface area contributed by atoms with Gasteiger partial charge in [0, 0.05) is 24.4 Å². The van der Waals surface area contributed by atoms with Gasteiger partial charge in [-0.15, -0.1) is 0 Å². The number of hydrogen-bond acceptors (Lipinski definition) is 4. The van der Waals surface area contributed by atoms with Crippen molar-refractivity contribution in [3.8, 4) is 6.07 Å². The summed E-state index contributed by atoms with van der Waals surface area (Å²) >= 11 is 0. The topological polar surface area (TPSA) is 74.3 Å². The summed E-state index contributed by atoms with van der Waals surface area (Å²) in [5.41, 5.74) is 4.78. The second-order valence-corrected chi connectivity index (χ2v) is 7.64. The molecule has 0 spiro atoms. The van der Waals surface area contributed by atoms with Gasteiger partial charge in [-0.3, -0.25) is 9.48 Å². The lowest BCUT2D eigenvalue weighted by molar-refractivity contribution is -0.133. The maximum atomic E-state index is 12.8. The van der Waals surface area contributed by atoms with Crippen LogP contribution in [0, 0.1) is 18.3 Å². The fourth-order valence-electron chi connectivity index (χ4n) is 3.69. The van der Waals surface area contributed by atoms with Crippen LogP contribution in [0.25, 0.3) is 10.9 Å². The minimum Gasteiger partial charge on any atom is -0.273 e. The van der Waals surface area contributed by atoms with E-state index in [1.807, 2.05) is 23.0 Å². The number of carbonyl (C=O) groups is 1. The van der Waals surface area contributed by atoms with Gasteiger partial charge >= 0.3 is 0 Å². The van der Waals surface area contributed by atoms with E-state index in [0.29, 0.717) is 24.9 Å². The van der Waals surface area contributed by atoms with Crippen molar-refractivity contribution >= 4 is 23.0 Å². The fraction of sp³-hybridized carbons (Fsp3) is 0.250. The van der Waals surface area contributed by atoms with Gasteiger partial charge < -0.3 is 0 Å². The fourth-order valence-corrected chi connectivity index (χ4v) is 3.69. The Labute approximate surface area is 175 Å². The number of hydrogen-bond donors (Lipinski definition) is 0. The highest BCUT2D eigenvalue weighted by molar-refractivity contribution is 5.81. The normalized spacial score (nSPS) is 15.5. The molecule has 0 fully saturated rings. The number of hydrazone groups is 1. The Balaban J connectivity index is 1.36. The van der Waals surface area contributed by atoms with E-state index in [1.54, 1.807) is 17.3 Å². The quantitative estimate of drug-likeness (QED) is 0.574. The minimum atomic E-state index is -0.0317. The maximum Gasteiger partial charge on any atom is 0.243 e. The number of fused-ring (bicyclic) bond motifs is 1. The van der Waals surface area contributed by atoms with Crippen molar-refractivity contribution in [2.75, 3.05) is 0 Å². The summed E-state index contributed by atoms with van der Waals surface area (Å²) in [6.07, 6.45) is 5.22. The van der Waals surface area contributed by atoms with Gasteiger partial charge in [0.15, 0.2) is 0 Å². The van der Waals surface area contributed by atoms with Gasteiger partial charge in [-0.2, -0.15) is 15.5 Å². The molecule has 0 saturated heterocycles. The number of carbonyl (C=O) groups excluding carboxylic acids is 1. The Morgan fingerprint density at radius 1 is 1.23 bits per heavy atom. The van der Waals surface area contributed by atoms with Gasteiger partial charge in [-0.25, -0.2) is 5.01 Å². The second-order valence-electron chi connectivity index (χ2n) is 7.64. The molecule has 0 saturated carbocycles. The van der Waals surface area contributed by atoms with E-state index < -0.39 is 0 Å². The van der Waals surface area contributed by atoms with Crippen LogP contribution in [0.1, 0.15) is 42.0 Å². The summed E-state index contributed by atoms with van der Waals surface area (Å²) in [5.74, 6) is -0.000500. The molecule has 1 amide bonds. The number of allylic oxidation sites excluding steroid dienone is 1. The average Bonchev–Trinajstić information content (AvgIpc) is 3.40. The van der Waals surface area contributed by atoms with Crippen molar-refractivity contribution in [3.05, 3.63) is 77.5 Å². The first-order valence-corrected chi connectivity index (χ1v) is 9.98. The van der Waals surface area contributed by atoms with E-state index in [2.05, 4.69) is 54.0 Å². The summed E-state index contributed by atoms with van der Waals surface area (Å²) in [6.45, 7) is 6.72. The lowest BCUT2D eigenvalue weighted by Crippen LogP contribution is -2.27. The number of benzene rings is 2. The Morgan fingerprint density at radius 2 is 2.03 bits per heavy atom. The van der Waals surface area contributed by atoms with Crippen molar-refractivity contribution in [1.82, 2.24) is 14.8 Å². The van der Waals surface area contributed by atoms with Gasteiger partial charge in [0.2, 0.25) is 5.91 Å². The lowest BCUT2D eigenvalue weighted by atomic mass is 10.0. The third-order valence-corrected chi connectivity index (χ3v) is 5.38. The van der Waals surface area contributed by atoms with Crippen molar-refractivity contribution in [3.63, 3.8) is 0 Å². The molecule has 3 aromatic rings. The zero-order chi connectivity index (χ0) is 21.1. The van der Waals surface area contributed by atoms with Crippen LogP contribution in [-0.2, 0) is 11.3 Å². The highest BCUT2D eigenvalue weighted by Crippen LogP contribution is 2.29. The molecule has 6 heteroatoms. The molecular weight excluding hydrogens is 374 g/mol. The highest BCUT2D eigenvalue weighted by Gasteiger charge is 2.27. The van der Waals surface area contributed by atoms with Crippen LogP contribution >= 0.6 is 0 Å². The minimum absolute atomic E-state index is 0.000500. The molecule has 2 aromatic carbocycles. The predicted octanol–water partition coefficient (Wildman–Crippen LogP) is 4.51. The molecule has 0 aliphatic carbocycles. The van der Waals surface area contributed by atoms with E-state index in [0.717, 1.165) is 28.5 Å². The van der Waals surface area contributed by atoms with Crippen LogP contribution in [0.3, 0.4) is 0 Å². The van der Waals surface area contributed by atoms with Gasteiger partial charge in [-0.1, -0.05) is 42.0 Å². The summed E-state index contributed by atoms with van der Waals surface area (Å²) in [6, 6.07) is 15.9. The maximum absolute atomic E-state index is 12.8. The average molecular weight is 397 g/mol. The second kappa shape index (κ2) is 8.34. The monoisotopic (exact) mass is 397 g/mol. The van der Waals surface area contributed by atoms with Crippen molar-refractivity contribution < 1.29 is 4.79 Å². The molecular formula is C24H23N5O. The number of amides is 1. The van der Waals surface area contributed by atoms with Crippen LogP contribution in [0.4, 0.5) is 0 Å². The van der Waals surface area contributed by atoms with Crippen molar-refractivity contribution in [2.45, 2.75) is 38.8 Å². The first-order chi connectivity index (χ1) is 14.5. The molecule has 6 nitrogen and oxygen atoms in total. The Kier molecular flexibility index (Phi) is 5.44. The SMILES string of the molecule is C=C(CCC(=O)N1N=CCC1c1ccc(C)cc1)Cn1ncc2cc(C#N)ccc21. The zero-order valence-electron chi connectivity index (χ0n) is 17.0. The van der Waals surface area contributed by atoms with E-state index in [9.17, 15) is 4.79 Å². The number of aryl methyl sites for hydroxylation is 1. The van der Waals surface area contributed by atoms with Crippen molar-refractivity contribution in [1.29, 1.82) is 5.26 Å². The summed E-state index contributed by atoms with van der Waals surface area (Å²) in [7, 11) is 0. The Morgan fingerprint density at radius 3 is 2.80 bits per heavy atom. The molecule has 1 aliphatic rings. The summed E-state index contributed by atoms with van der Waals surface area (Å²) < 4.78 is 1.85. The lowest BCUT2D eigenvalue weighted by Gasteiger charge is -2.22. The van der Waals surface area contributed by atoms with E-state index in [4.69, 9.17) is 5.26 Å². The number of rotatable bonds is 6. The van der Waals surface area contributed by atoms with Crippen LogP contribution in [0.2, 0.25) is 0 Å². The molecule has 4 rings (SSSR count). The highest BCUT2D eigenvalue weighted by atomic mass is 16.2. The van der Waals surface area contributed by atoms with E-state index in [1.165, 1.54) is 5.56 Å². The zero-order valence-corrected chi connectivity index (χ0v) is 17.0. The van der Waals surface area contributed by atoms with Crippen molar-refractivity contribution in [2.24, 2.45) is 5.10 Å². The standard InChI is InChI=1S/C24H23N5O/c1-17-3-7-20(8-4-17)23-11-12-26-29(23)24(30)10-5-18(2)16-28-22-9-6-19(14-25)13-21(22)15-27-28/h3-4,6-9,12-13,15,23H,2,5,10-11,16H2,1H3. The summed E-state index contributed by atoms with van der Waals surface area (Å²) in [4.78, 5) is 12.8. The Bertz CT molecular complexity index is 1170. The number of aromatic nitrogens is 2. The molecule has 0 radical (unpaired) electrons. The van der Waals surface area contributed by atoms with Crippen LogP contribution in [0.5, 0.6) is 0 Å². The summed E-state index contributed by atoms with van der Waals surface area (Å²) in [5, 5.41) is 20.3. The molecule has 0 N–H and O–H groups in total. The smallest absolute Gasteiger partial charge is 0.243 e. The van der Waals surface area contributed by atoms with Crippen LogP contribution in [-0.4, -0.2) is 26.9 Å². The van der Waals surface area contributed by atoms with E-state index in [-0.39, 0.29) is 11.9 Å². The molecule has 1 aromatic heterocycles. The Hall–Kier alpha value is -3.72. The molecule has 150 valence electrons. The third kappa shape index (κ3) is 4.01. The third-order valence-electron chi connectivity index (χ3n) is 5.38. The largest absolute Gasteiger partial charge is 0.273 e. The van der Waals surface area contributed by atoms with Crippen LogP contribution < -0.4 is 0 Å². The van der Waals surface area contributed by atoms with Crippen LogP contribution in [0.15, 0.2) is 65.9 Å². The molecule has 1 aliphatic heterocycles. The first kappa shape index (κ1) is 19.6. The van der Waals surface area contributed by atoms with Gasteiger partial charge in [0.05, 0.1) is 35.9 Å². The predicted molar refractivity (Wildman–Crippen MR) is 117 cm³/mol. The molecule has 0 bridgehead atoms. The van der Waals surface area contributed by atoms with Gasteiger partial charge in [0.1, 0.15) is 0 Å². The molecule has 30 heavy (non-hydrogen) atoms.